The topological polar surface area (TPSA) is 92.2 Å². The molecule has 2 aromatic heterocycles. The highest BCUT2D eigenvalue weighted by atomic mass is 32.2. The van der Waals surface area contributed by atoms with Crippen LogP contribution in [0.1, 0.15) is 29.1 Å². The molecule has 0 atom stereocenters. The second-order valence-corrected chi connectivity index (χ2v) is 9.90. The van der Waals surface area contributed by atoms with Gasteiger partial charge in [-0.15, -0.1) is 23.1 Å². The van der Waals surface area contributed by atoms with Crippen LogP contribution in [0.5, 0.6) is 0 Å². The lowest BCUT2D eigenvalue weighted by molar-refractivity contribution is 0.0704. The van der Waals surface area contributed by atoms with Crippen molar-refractivity contribution in [3.63, 3.8) is 0 Å². The Kier molecular flexibility index (Phi) is 5.32. The van der Waals surface area contributed by atoms with Crippen LogP contribution in [-0.4, -0.2) is 20.6 Å². The molecule has 158 valence electrons. The average Bonchev–Trinajstić information content (AvgIpc) is 3.15. The van der Waals surface area contributed by atoms with Crippen molar-refractivity contribution in [3.8, 4) is 5.69 Å². The minimum Gasteiger partial charge on any atom is -0.477 e. The fourth-order valence-electron chi connectivity index (χ4n) is 3.33. The number of nitrogens with zero attached hydrogens (tertiary/aromatic N) is 1. The van der Waals surface area contributed by atoms with Gasteiger partial charge < -0.3 is 10.1 Å². The van der Waals surface area contributed by atoms with Crippen molar-refractivity contribution >= 4 is 40.0 Å². The van der Waals surface area contributed by atoms with Gasteiger partial charge in [0.15, 0.2) is 0 Å². The van der Waals surface area contributed by atoms with E-state index in [1.807, 2.05) is 44.2 Å². The lowest BCUT2D eigenvalue weighted by Crippen LogP contribution is -2.34. The standard InChI is InChI=1S/C22H17FN2O4S2/c1-22(2,12-6-4-3-5-7-12)31-13-8-9-14(23)16(10-13)25-19(26)17-15(24-21(25)29)11-30-18(17)20(27)28/h3-11H,1-2H3,(H,24,29)(H,27,28). The molecule has 0 aliphatic carbocycles. The Morgan fingerprint density at radius 3 is 2.55 bits per heavy atom. The molecule has 0 unspecified atom stereocenters. The molecule has 0 aliphatic rings. The fraction of sp³-hybridized carbons (Fsp3) is 0.136. The van der Waals surface area contributed by atoms with E-state index in [9.17, 15) is 23.9 Å². The van der Waals surface area contributed by atoms with Gasteiger partial charge in [-0.05, 0) is 37.6 Å². The van der Waals surface area contributed by atoms with E-state index in [0.29, 0.717) is 9.46 Å². The first-order chi connectivity index (χ1) is 14.7. The minimum atomic E-state index is -1.29. The quantitative estimate of drug-likeness (QED) is 0.428. The van der Waals surface area contributed by atoms with Crippen LogP contribution < -0.4 is 11.2 Å². The summed E-state index contributed by atoms with van der Waals surface area (Å²) in [6.07, 6.45) is 0. The van der Waals surface area contributed by atoms with Crippen molar-refractivity contribution in [1.29, 1.82) is 0 Å². The molecule has 6 nitrogen and oxygen atoms in total. The van der Waals surface area contributed by atoms with Crippen LogP contribution in [0, 0.1) is 5.82 Å². The van der Waals surface area contributed by atoms with Gasteiger partial charge in [-0.3, -0.25) is 4.79 Å². The molecule has 2 aromatic carbocycles. The predicted octanol–water partition coefficient (Wildman–Crippen LogP) is 4.61. The van der Waals surface area contributed by atoms with Crippen LogP contribution >= 0.6 is 23.1 Å². The summed E-state index contributed by atoms with van der Waals surface area (Å²) in [5.41, 5.74) is -0.766. The minimum absolute atomic E-state index is 0.116. The number of thiophene rings is 1. The maximum Gasteiger partial charge on any atom is 0.346 e. The van der Waals surface area contributed by atoms with Crippen LogP contribution in [0.25, 0.3) is 16.6 Å². The van der Waals surface area contributed by atoms with Gasteiger partial charge in [0.2, 0.25) is 0 Å². The van der Waals surface area contributed by atoms with Crippen molar-refractivity contribution < 1.29 is 14.3 Å². The summed E-state index contributed by atoms with van der Waals surface area (Å²) in [5, 5.41) is 10.6. The third-order valence-corrected chi connectivity index (χ3v) is 7.05. The Bertz CT molecular complexity index is 1420. The van der Waals surface area contributed by atoms with Crippen molar-refractivity contribution in [1.82, 2.24) is 9.55 Å². The zero-order valence-corrected chi connectivity index (χ0v) is 18.1. The van der Waals surface area contributed by atoms with E-state index in [2.05, 4.69) is 4.98 Å². The zero-order valence-electron chi connectivity index (χ0n) is 16.5. The first-order valence-corrected chi connectivity index (χ1v) is 10.9. The first kappa shape index (κ1) is 21.1. The third kappa shape index (κ3) is 3.82. The number of aromatic amines is 1. The number of thioether (sulfide) groups is 1. The molecule has 31 heavy (non-hydrogen) atoms. The molecule has 0 amide bonds. The maximum atomic E-state index is 14.7. The van der Waals surface area contributed by atoms with Crippen molar-refractivity contribution in [2.45, 2.75) is 23.5 Å². The maximum absolute atomic E-state index is 14.7. The van der Waals surface area contributed by atoms with E-state index < -0.39 is 23.0 Å². The fourth-order valence-corrected chi connectivity index (χ4v) is 5.31. The number of carbonyl (C=O) groups is 1. The Balaban J connectivity index is 1.86. The highest BCUT2D eigenvalue weighted by Crippen LogP contribution is 2.41. The average molecular weight is 457 g/mol. The summed E-state index contributed by atoms with van der Waals surface area (Å²) < 4.78 is 15.0. The molecule has 0 spiro atoms. The number of hydrogen-bond donors (Lipinski definition) is 2. The number of nitrogens with one attached hydrogen (secondary N) is 1. The number of halogens is 1. The predicted molar refractivity (Wildman–Crippen MR) is 120 cm³/mol. The normalized spacial score (nSPS) is 11.7. The number of carboxylic acids is 1. The van der Waals surface area contributed by atoms with Gasteiger partial charge in [0.05, 0.1) is 16.6 Å². The number of benzene rings is 2. The highest BCUT2D eigenvalue weighted by molar-refractivity contribution is 8.00. The Morgan fingerprint density at radius 1 is 1.16 bits per heavy atom. The van der Waals surface area contributed by atoms with E-state index >= 15 is 0 Å². The van der Waals surface area contributed by atoms with Gasteiger partial charge in [-0.1, -0.05) is 30.3 Å². The van der Waals surface area contributed by atoms with Crippen LogP contribution in [0.4, 0.5) is 4.39 Å². The lowest BCUT2D eigenvalue weighted by atomic mass is 10.0. The van der Waals surface area contributed by atoms with Crippen LogP contribution in [0.2, 0.25) is 0 Å². The number of H-pyrrole nitrogens is 1. The molecule has 4 rings (SSSR count). The Morgan fingerprint density at radius 2 is 1.87 bits per heavy atom. The number of rotatable bonds is 5. The Labute approximate surface area is 184 Å². The smallest absolute Gasteiger partial charge is 0.346 e. The SMILES string of the molecule is CC(C)(Sc1ccc(F)c(-n2c(=O)[nH]c3csc(C(=O)O)c3c2=O)c1)c1ccccc1. The first-order valence-electron chi connectivity index (χ1n) is 9.23. The summed E-state index contributed by atoms with van der Waals surface area (Å²) in [6, 6.07) is 14.0. The van der Waals surface area contributed by atoms with Crippen molar-refractivity contribution in [3.05, 3.63) is 91.0 Å². The van der Waals surface area contributed by atoms with Crippen LogP contribution in [0.3, 0.4) is 0 Å². The molecule has 0 aliphatic heterocycles. The molecule has 2 heterocycles. The number of aromatic carboxylic acids is 1. The summed E-state index contributed by atoms with van der Waals surface area (Å²) >= 11 is 2.28. The molecule has 0 saturated carbocycles. The van der Waals surface area contributed by atoms with Gasteiger partial charge >= 0.3 is 11.7 Å². The molecule has 0 fully saturated rings. The number of aromatic nitrogens is 2. The van der Waals surface area contributed by atoms with Crippen LogP contribution in [-0.2, 0) is 4.75 Å². The summed E-state index contributed by atoms with van der Waals surface area (Å²) in [6.45, 7) is 4.04. The summed E-state index contributed by atoms with van der Waals surface area (Å²) in [7, 11) is 0. The van der Waals surface area contributed by atoms with Crippen molar-refractivity contribution in [2.24, 2.45) is 0 Å². The van der Waals surface area contributed by atoms with E-state index in [0.717, 1.165) is 16.9 Å². The molecule has 4 aromatic rings. The number of hydrogen-bond acceptors (Lipinski definition) is 5. The molecule has 9 heteroatoms. The van der Waals surface area contributed by atoms with E-state index in [1.165, 1.54) is 29.3 Å². The molecule has 0 saturated heterocycles. The number of carboxylic acid groups (broad SMARTS) is 1. The van der Waals surface area contributed by atoms with Crippen molar-refractivity contribution in [2.75, 3.05) is 0 Å². The second-order valence-electron chi connectivity index (χ2n) is 7.32. The lowest BCUT2D eigenvalue weighted by Gasteiger charge is -2.25. The third-order valence-electron chi connectivity index (χ3n) is 4.85. The number of fused-ring (bicyclic) bond motifs is 1. The molecular formula is C22H17FN2O4S2. The van der Waals surface area contributed by atoms with E-state index in [-0.39, 0.29) is 26.2 Å². The van der Waals surface area contributed by atoms with E-state index in [4.69, 9.17) is 0 Å². The second kappa shape index (κ2) is 7.82. The largest absolute Gasteiger partial charge is 0.477 e. The van der Waals surface area contributed by atoms with Gasteiger partial charge in [-0.25, -0.2) is 18.5 Å². The molecule has 2 N–H and O–H groups in total. The van der Waals surface area contributed by atoms with Gasteiger partial charge in [0, 0.05) is 15.0 Å². The van der Waals surface area contributed by atoms with Gasteiger partial charge in [-0.2, -0.15) is 0 Å². The monoisotopic (exact) mass is 456 g/mol. The molecular weight excluding hydrogens is 439 g/mol. The van der Waals surface area contributed by atoms with Gasteiger partial charge in [0.1, 0.15) is 10.7 Å². The van der Waals surface area contributed by atoms with E-state index in [1.54, 1.807) is 6.07 Å². The van der Waals surface area contributed by atoms with Crippen LogP contribution in [0.15, 0.2) is 68.4 Å². The molecule has 0 bridgehead atoms. The zero-order chi connectivity index (χ0) is 22.3. The summed E-state index contributed by atoms with van der Waals surface area (Å²) in [4.78, 5) is 40.0. The summed E-state index contributed by atoms with van der Waals surface area (Å²) in [5.74, 6) is -2.05. The Hall–Kier alpha value is -3.17. The van der Waals surface area contributed by atoms with Gasteiger partial charge in [0.25, 0.3) is 5.56 Å². The highest BCUT2D eigenvalue weighted by Gasteiger charge is 2.24. The molecule has 0 radical (unpaired) electrons.